The highest BCUT2D eigenvalue weighted by Crippen LogP contribution is 2.34. The van der Waals surface area contributed by atoms with Gasteiger partial charge in [-0.15, -0.1) is 12.4 Å². The molecule has 2 aromatic rings. The number of nitrogens with one attached hydrogen (secondary N) is 1. The largest absolute Gasteiger partial charge is 0.507 e. The van der Waals surface area contributed by atoms with Gasteiger partial charge >= 0.3 is 0 Å². The number of nitrogens with two attached hydrogens (primary N) is 1. The third kappa shape index (κ3) is 3.18. The Kier molecular flexibility index (Phi) is 5.27. The summed E-state index contributed by atoms with van der Waals surface area (Å²) in [6.45, 7) is 4.09. The first-order valence-corrected chi connectivity index (χ1v) is 7.43. The number of nitrogens with zero attached hydrogens (tertiary/aromatic N) is 1. The number of anilines is 1. The van der Waals surface area contributed by atoms with Gasteiger partial charge in [-0.3, -0.25) is 0 Å². The van der Waals surface area contributed by atoms with Gasteiger partial charge in [-0.25, -0.2) is 4.98 Å². The lowest BCUT2D eigenvalue weighted by Gasteiger charge is -2.25. The highest BCUT2D eigenvalue weighted by atomic mass is 35.5. The Morgan fingerprint density at radius 3 is 2.77 bits per heavy atom. The lowest BCUT2D eigenvalue weighted by atomic mass is 9.88. The second-order valence-electron chi connectivity index (χ2n) is 5.67. The average Bonchev–Trinajstić information content (AvgIpc) is 2.51. The van der Waals surface area contributed by atoms with Gasteiger partial charge in [0.05, 0.1) is 5.69 Å². The van der Waals surface area contributed by atoms with Crippen molar-refractivity contribution < 1.29 is 5.11 Å². The van der Waals surface area contributed by atoms with Crippen molar-refractivity contribution in [1.82, 2.24) is 10.3 Å². The topological polar surface area (TPSA) is 71.2 Å². The van der Waals surface area contributed by atoms with Crippen LogP contribution < -0.4 is 11.1 Å². The molecule has 1 aliphatic heterocycles. The third-order valence-corrected chi connectivity index (χ3v) is 4.27. The summed E-state index contributed by atoms with van der Waals surface area (Å²) in [6.07, 6.45) is 2.34. The molecule has 0 radical (unpaired) electrons. The minimum Gasteiger partial charge on any atom is -0.507 e. The molecule has 22 heavy (non-hydrogen) atoms. The first-order chi connectivity index (χ1) is 10.2. The number of aromatic nitrogens is 1. The van der Waals surface area contributed by atoms with Crippen molar-refractivity contribution >= 4 is 18.2 Å². The zero-order valence-electron chi connectivity index (χ0n) is 12.7. The van der Waals surface area contributed by atoms with E-state index < -0.39 is 0 Å². The number of aromatic hydroxyl groups is 1. The van der Waals surface area contributed by atoms with Crippen LogP contribution in [0.25, 0.3) is 11.3 Å². The van der Waals surface area contributed by atoms with Crippen molar-refractivity contribution in [2.45, 2.75) is 25.7 Å². The van der Waals surface area contributed by atoms with Gasteiger partial charge in [-0.2, -0.15) is 0 Å². The highest BCUT2D eigenvalue weighted by Gasteiger charge is 2.20. The number of hydrogen-bond donors (Lipinski definition) is 3. The number of halogens is 1. The van der Waals surface area contributed by atoms with Crippen LogP contribution in [0.15, 0.2) is 30.3 Å². The van der Waals surface area contributed by atoms with Crippen LogP contribution in [-0.4, -0.2) is 23.2 Å². The molecule has 0 saturated carbocycles. The van der Waals surface area contributed by atoms with E-state index in [-0.39, 0.29) is 18.2 Å². The second-order valence-corrected chi connectivity index (χ2v) is 5.67. The third-order valence-electron chi connectivity index (χ3n) is 4.27. The quantitative estimate of drug-likeness (QED) is 0.794. The van der Waals surface area contributed by atoms with Crippen molar-refractivity contribution in [2.24, 2.45) is 0 Å². The van der Waals surface area contributed by atoms with E-state index in [4.69, 9.17) is 5.73 Å². The summed E-state index contributed by atoms with van der Waals surface area (Å²) in [7, 11) is 0. The fourth-order valence-corrected chi connectivity index (χ4v) is 3.02. The number of nitrogen functional groups attached to an aromatic ring is 1. The molecule has 4 N–H and O–H groups in total. The Bertz CT molecular complexity index is 654. The van der Waals surface area contributed by atoms with Crippen LogP contribution in [0, 0.1) is 6.92 Å². The van der Waals surface area contributed by atoms with Gasteiger partial charge in [0.15, 0.2) is 0 Å². The summed E-state index contributed by atoms with van der Waals surface area (Å²) >= 11 is 0. The Morgan fingerprint density at radius 1 is 1.32 bits per heavy atom. The molecular weight excluding hydrogens is 298 g/mol. The van der Waals surface area contributed by atoms with E-state index in [1.165, 1.54) is 12.0 Å². The van der Waals surface area contributed by atoms with E-state index in [1.807, 2.05) is 25.1 Å². The molecule has 118 valence electrons. The van der Waals surface area contributed by atoms with E-state index in [9.17, 15) is 5.11 Å². The van der Waals surface area contributed by atoms with Crippen molar-refractivity contribution in [3.63, 3.8) is 0 Å². The normalized spacial score (nSPS) is 17.8. The van der Waals surface area contributed by atoms with E-state index in [1.54, 1.807) is 6.07 Å². The molecule has 1 aliphatic rings. The molecule has 0 bridgehead atoms. The van der Waals surface area contributed by atoms with Crippen LogP contribution in [0.4, 0.5) is 5.82 Å². The monoisotopic (exact) mass is 319 g/mol. The van der Waals surface area contributed by atoms with Crippen molar-refractivity contribution in [3.8, 4) is 17.0 Å². The zero-order chi connectivity index (χ0) is 14.8. The summed E-state index contributed by atoms with van der Waals surface area (Å²) in [5.41, 5.74) is 9.88. The van der Waals surface area contributed by atoms with E-state index in [2.05, 4.69) is 16.4 Å². The smallest absolute Gasteiger partial charge is 0.127 e. The molecule has 2 heterocycles. The Balaban J connectivity index is 0.00000176. The number of para-hydroxylation sites is 1. The molecule has 4 nitrogen and oxygen atoms in total. The van der Waals surface area contributed by atoms with E-state index >= 15 is 0 Å². The van der Waals surface area contributed by atoms with Gasteiger partial charge in [0.25, 0.3) is 0 Å². The summed E-state index contributed by atoms with van der Waals surface area (Å²) in [5.74, 6) is 1.26. The molecule has 1 saturated heterocycles. The minimum atomic E-state index is 0. The van der Waals surface area contributed by atoms with Crippen LogP contribution in [-0.2, 0) is 0 Å². The van der Waals surface area contributed by atoms with Crippen LogP contribution in [0.5, 0.6) is 5.75 Å². The van der Waals surface area contributed by atoms with Crippen LogP contribution in [0.3, 0.4) is 0 Å². The molecule has 0 amide bonds. The maximum Gasteiger partial charge on any atom is 0.127 e. The van der Waals surface area contributed by atoms with Gasteiger partial charge in [0.1, 0.15) is 11.6 Å². The summed E-state index contributed by atoms with van der Waals surface area (Å²) < 4.78 is 0. The van der Waals surface area contributed by atoms with Crippen molar-refractivity contribution in [1.29, 1.82) is 0 Å². The molecule has 3 rings (SSSR count). The number of phenolic OH excluding ortho intramolecular Hbond substituents is 1. The zero-order valence-corrected chi connectivity index (χ0v) is 13.5. The first-order valence-electron chi connectivity index (χ1n) is 7.43. The predicted octanol–water partition coefficient (Wildman–Crippen LogP) is 3.23. The van der Waals surface area contributed by atoms with Gasteiger partial charge in [0, 0.05) is 12.1 Å². The number of pyridine rings is 1. The van der Waals surface area contributed by atoms with E-state index in [0.29, 0.717) is 11.7 Å². The summed E-state index contributed by atoms with van der Waals surface area (Å²) in [4.78, 5) is 4.46. The Labute approximate surface area is 137 Å². The van der Waals surface area contributed by atoms with Gasteiger partial charge in [-0.1, -0.05) is 12.1 Å². The SMILES string of the molecule is Cc1c(C2CCCNC2)cc(-c2ccccc2O)nc1N.Cl. The minimum absolute atomic E-state index is 0. The molecule has 1 atom stereocenters. The molecule has 1 aromatic carbocycles. The fraction of sp³-hybridized carbons (Fsp3) is 0.353. The maximum absolute atomic E-state index is 10.0. The second kappa shape index (κ2) is 6.99. The molecule has 1 fully saturated rings. The maximum atomic E-state index is 10.0. The van der Waals surface area contributed by atoms with Gasteiger partial charge in [-0.05, 0) is 61.6 Å². The van der Waals surface area contributed by atoms with E-state index in [0.717, 1.165) is 36.3 Å². The van der Waals surface area contributed by atoms with Crippen molar-refractivity contribution in [3.05, 3.63) is 41.5 Å². The van der Waals surface area contributed by atoms with Crippen molar-refractivity contribution in [2.75, 3.05) is 18.8 Å². The highest BCUT2D eigenvalue weighted by molar-refractivity contribution is 5.85. The lowest BCUT2D eigenvalue weighted by Crippen LogP contribution is -2.29. The summed E-state index contributed by atoms with van der Waals surface area (Å²) in [6, 6.07) is 9.33. The number of benzene rings is 1. The van der Waals surface area contributed by atoms with Gasteiger partial charge < -0.3 is 16.2 Å². The molecule has 0 aliphatic carbocycles. The van der Waals surface area contributed by atoms with Gasteiger partial charge in [0.2, 0.25) is 0 Å². The van der Waals surface area contributed by atoms with Crippen LogP contribution in [0.2, 0.25) is 0 Å². The first kappa shape index (κ1) is 16.6. The number of rotatable bonds is 2. The number of hydrogen-bond acceptors (Lipinski definition) is 4. The summed E-state index contributed by atoms with van der Waals surface area (Å²) in [5, 5.41) is 13.5. The Morgan fingerprint density at radius 2 is 2.09 bits per heavy atom. The van der Waals surface area contributed by atoms with Crippen LogP contribution >= 0.6 is 12.4 Å². The lowest BCUT2D eigenvalue weighted by molar-refractivity contribution is 0.460. The predicted molar refractivity (Wildman–Crippen MR) is 92.6 cm³/mol. The number of piperidine rings is 1. The molecular formula is C17H22ClN3O. The number of phenols is 1. The molecule has 1 aromatic heterocycles. The standard InChI is InChI=1S/C17H21N3O.ClH/c1-11-14(12-5-4-8-19-10-12)9-15(20-17(11)18)13-6-2-3-7-16(13)21;/h2-3,6-7,9,12,19,21H,4-5,8,10H2,1H3,(H2,18,20);1H. The molecule has 1 unspecified atom stereocenters. The van der Waals surface area contributed by atoms with Crippen LogP contribution in [0.1, 0.15) is 29.9 Å². The molecule has 0 spiro atoms. The fourth-order valence-electron chi connectivity index (χ4n) is 3.02. The Hall–Kier alpha value is -1.78. The average molecular weight is 320 g/mol. The molecule has 5 heteroatoms.